The number of halogens is 1. The Hall–Kier alpha value is -0.960. The Morgan fingerprint density at radius 3 is 2.36 bits per heavy atom. The lowest BCUT2D eigenvalue weighted by molar-refractivity contribution is -0.116. The van der Waals surface area contributed by atoms with Crippen molar-refractivity contribution >= 4 is 37.5 Å². The van der Waals surface area contributed by atoms with Crippen molar-refractivity contribution in [3.63, 3.8) is 0 Å². The number of sulfonamides is 1. The SMILES string of the molecule is CC(=O)N1CCc2cc(Br)cc(S(=O)(=O)N3CCC(N4CCCCC4)CC3)c21. The van der Waals surface area contributed by atoms with Crippen molar-refractivity contribution in [1.82, 2.24) is 9.21 Å². The van der Waals surface area contributed by atoms with E-state index >= 15 is 0 Å². The molecule has 0 saturated carbocycles. The second-order valence-corrected chi connectivity index (χ2v) is 10.9. The summed E-state index contributed by atoms with van der Waals surface area (Å²) in [5, 5.41) is 0. The molecule has 2 saturated heterocycles. The summed E-state index contributed by atoms with van der Waals surface area (Å²) in [4.78, 5) is 16.5. The van der Waals surface area contributed by atoms with Gasteiger partial charge in [0.15, 0.2) is 0 Å². The predicted octanol–water partition coefficient (Wildman–Crippen LogP) is 3.00. The minimum absolute atomic E-state index is 0.110. The third kappa shape index (κ3) is 3.76. The number of benzene rings is 1. The number of hydrogen-bond acceptors (Lipinski definition) is 4. The van der Waals surface area contributed by atoms with Crippen LogP contribution in [-0.4, -0.2) is 62.3 Å². The van der Waals surface area contributed by atoms with Gasteiger partial charge in [0.1, 0.15) is 4.90 Å². The minimum atomic E-state index is -3.64. The van der Waals surface area contributed by atoms with Crippen LogP contribution in [0.15, 0.2) is 21.5 Å². The van der Waals surface area contributed by atoms with E-state index in [1.807, 2.05) is 6.07 Å². The van der Waals surface area contributed by atoms with Gasteiger partial charge in [-0.25, -0.2) is 8.42 Å². The number of carbonyl (C=O) groups is 1. The number of anilines is 1. The van der Waals surface area contributed by atoms with Crippen molar-refractivity contribution in [1.29, 1.82) is 0 Å². The van der Waals surface area contributed by atoms with Crippen molar-refractivity contribution in [3.05, 3.63) is 22.2 Å². The molecule has 0 spiro atoms. The van der Waals surface area contributed by atoms with Crippen molar-refractivity contribution in [2.24, 2.45) is 0 Å². The highest BCUT2D eigenvalue weighted by Crippen LogP contribution is 2.39. The van der Waals surface area contributed by atoms with Crippen molar-refractivity contribution in [2.45, 2.75) is 56.4 Å². The molecule has 28 heavy (non-hydrogen) atoms. The van der Waals surface area contributed by atoms with E-state index in [-0.39, 0.29) is 10.8 Å². The third-order valence-corrected chi connectivity index (χ3v) is 8.69. The van der Waals surface area contributed by atoms with Crippen LogP contribution in [0, 0.1) is 0 Å². The fraction of sp³-hybridized carbons (Fsp3) is 0.650. The monoisotopic (exact) mass is 469 g/mol. The lowest BCUT2D eigenvalue weighted by Gasteiger charge is -2.40. The quantitative estimate of drug-likeness (QED) is 0.682. The van der Waals surface area contributed by atoms with Gasteiger partial charge in [0.05, 0.1) is 5.69 Å². The van der Waals surface area contributed by atoms with Gasteiger partial charge >= 0.3 is 0 Å². The molecule has 6 nitrogen and oxygen atoms in total. The molecule has 8 heteroatoms. The van der Waals surface area contributed by atoms with E-state index < -0.39 is 10.0 Å². The zero-order chi connectivity index (χ0) is 19.9. The molecule has 0 radical (unpaired) electrons. The molecule has 0 aromatic heterocycles. The molecule has 1 aromatic carbocycles. The standard InChI is InChI=1S/C20H28BrN3O3S/c1-15(25)24-12-5-16-13-17(21)14-19(20(16)24)28(26,27)23-10-6-18(7-11-23)22-8-3-2-4-9-22/h13-14,18H,2-12H2,1H3. The molecule has 0 bridgehead atoms. The second-order valence-electron chi connectivity index (χ2n) is 8.06. The summed E-state index contributed by atoms with van der Waals surface area (Å²) >= 11 is 3.46. The number of piperidine rings is 2. The molecule has 0 unspecified atom stereocenters. The highest BCUT2D eigenvalue weighted by Gasteiger charge is 2.37. The second kappa shape index (κ2) is 8.05. The van der Waals surface area contributed by atoms with E-state index in [1.54, 1.807) is 15.3 Å². The molecule has 0 N–H and O–H groups in total. The van der Waals surface area contributed by atoms with Crippen LogP contribution in [0.4, 0.5) is 5.69 Å². The van der Waals surface area contributed by atoms with Crippen LogP contribution in [-0.2, 0) is 21.2 Å². The number of rotatable bonds is 3. The molecule has 4 rings (SSSR count). The van der Waals surface area contributed by atoms with E-state index in [4.69, 9.17) is 0 Å². The molecule has 0 atom stereocenters. The number of fused-ring (bicyclic) bond motifs is 1. The Bertz CT molecular complexity index is 860. The van der Waals surface area contributed by atoms with Gasteiger partial charge in [0.25, 0.3) is 0 Å². The first-order chi connectivity index (χ1) is 13.4. The Kier molecular flexibility index (Phi) is 5.84. The Balaban J connectivity index is 1.57. The third-order valence-electron chi connectivity index (χ3n) is 6.32. The van der Waals surface area contributed by atoms with E-state index in [2.05, 4.69) is 20.8 Å². The fourth-order valence-electron chi connectivity index (χ4n) is 4.85. The first-order valence-corrected chi connectivity index (χ1v) is 12.5. The van der Waals surface area contributed by atoms with Crippen LogP contribution in [0.2, 0.25) is 0 Å². The van der Waals surface area contributed by atoms with E-state index in [0.29, 0.717) is 37.8 Å². The Morgan fingerprint density at radius 2 is 1.71 bits per heavy atom. The molecule has 1 aromatic rings. The molecular weight excluding hydrogens is 442 g/mol. The van der Waals surface area contributed by atoms with Crippen molar-refractivity contribution in [3.8, 4) is 0 Å². The molecule has 0 aliphatic carbocycles. The van der Waals surface area contributed by atoms with Crippen LogP contribution in [0.1, 0.15) is 44.6 Å². The molecule has 1 amide bonds. The smallest absolute Gasteiger partial charge is 0.245 e. The fourth-order valence-corrected chi connectivity index (χ4v) is 7.24. The maximum absolute atomic E-state index is 13.5. The average Bonchev–Trinajstić information content (AvgIpc) is 3.12. The molecule has 3 aliphatic heterocycles. The maximum atomic E-state index is 13.5. The topological polar surface area (TPSA) is 60.9 Å². The number of likely N-dealkylation sites (tertiary alicyclic amines) is 1. The maximum Gasteiger partial charge on any atom is 0.245 e. The van der Waals surface area contributed by atoms with Crippen LogP contribution in [0.25, 0.3) is 0 Å². The van der Waals surface area contributed by atoms with Crippen molar-refractivity contribution < 1.29 is 13.2 Å². The van der Waals surface area contributed by atoms with Gasteiger partial charge in [0.2, 0.25) is 15.9 Å². The first kappa shape index (κ1) is 20.3. The van der Waals surface area contributed by atoms with Crippen LogP contribution in [0.3, 0.4) is 0 Å². The summed E-state index contributed by atoms with van der Waals surface area (Å²) in [6.07, 6.45) is 6.27. The van der Waals surface area contributed by atoms with E-state index in [1.165, 1.54) is 26.2 Å². The molecule has 154 valence electrons. The van der Waals surface area contributed by atoms with Crippen LogP contribution in [0.5, 0.6) is 0 Å². The molecular formula is C20H28BrN3O3S. The van der Waals surface area contributed by atoms with Gasteiger partial charge in [-0.2, -0.15) is 4.31 Å². The molecule has 2 fully saturated rings. The molecule has 3 aliphatic rings. The van der Waals surface area contributed by atoms with Gasteiger partial charge in [-0.3, -0.25) is 4.79 Å². The van der Waals surface area contributed by atoms with Gasteiger partial charge in [-0.1, -0.05) is 22.4 Å². The van der Waals surface area contributed by atoms with Gasteiger partial charge in [-0.05, 0) is 62.9 Å². The summed E-state index contributed by atoms with van der Waals surface area (Å²) in [5.74, 6) is -0.110. The summed E-state index contributed by atoms with van der Waals surface area (Å²) < 4.78 is 29.4. The summed E-state index contributed by atoms with van der Waals surface area (Å²) in [6.45, 7) is 5.42. The van der Waals surface area contributed by atoms with Gasteiger partial charge in [0, 0.05) is 37.1 Å². The zero-order valence-corrected chi connectivity index (χ0v) is 18.8. The Labute approximate surface area is 176 Å². The largest absolute Gasteiger partial charge is 0.311 e. The molecule has 3 heterocycles. The Morgan fingerprint density at radius 1 is 1.04 bits per heavy atom. The summed E-state index contributed by atoms with van der Waals surface area (Å²) in [7, 11) is -3.64. The van der Waals surface area contributed by atoms with E-state index in [9.17, 15) is 13.2 Å². The lowest BCUT2D eigenvalue weighted by atomic mass is 10.0. The number of nitrogens with zero attached hydrogens (tertiary/aromatic N) is 3. The zero-order valence-electron chi connectivity index (χ0n) is 16.4. The van der Waals surface area contributed by atoms with Crippen LogP contribution < -0.4 is 4.90 Å². The number of amides is 1. The summed E-state index contributed by atoms with van der Waals surface area (Å²) in [6, 6.07) is 4.08. The normalized spacial score (nSPS) is 22.4. The number of hydrogen-bond donors (Lipinski definition) is 0. The van der Waals surface area contributed by atoms with Crippen molar-refractivity contribution in [2.75, 3.05) is 37.6 Å². The average molecular weight is 470 g/mol. The minimum Gasteiger partial charge on any atom is -0.311 e. The van der Waals surface area contributed by atoms with Gasteiger partial charge in [-0.15, -0.1) is 0 Å². The first-order valence-electron chi connectivity index (χ1n) is 10.2. The summed E-state index contributed by atoms with van der Waals surface area (Å²) in [5.41, 5.74) is 1.50. The highest BCUT2D eigenvalue weighted by molar-refractivity contribution is 9.10. The van der Waals surface area contributed by atoms with E-state index in [0.717, 1.165) is 36.0 Å². The lowest BCUT2D eigenvalue weighted by Crippen LogP contribution is -2.48. The van der Waals surface area contributed by atoms with Crippen LogP contribution >= 0.6 is 15.9 Å². The number of carbonyl (C=O) groups excluding carboxylic acids is 1. The van der Waals surface area contributed by atoms with Gasteiger partial charge < -0.3 is 9.80 Å². The highest BCUT2D eigenvalue weighted by atomic mass is 79.9. The predicted molar refractivity (Wildman–Crippen MR) is 113 cm³/mol.